The smallest absolute Gasteiger partial charge is 0.251 e. The molecule has 0 spiro atoms. The number of rotatable bonds is 6. The Balaban J connectivity index is 1.34. The van der Waals surface area contributed by atoms with Crippen molar-refractivity contribution >= 4 is 34.7 Å². The fraction of sp³-hybridized carbons (Fsp3) is 0.158. The molecular formula is C19H17N5OS2. The minimum Gasteiger partial charge on any atom is -0.345 e. The van der Waals surface area contributed by atoms with Gasteiger partial charge in [0.25, 0.3) is 5.91 Å². The molecule has 4 aromatic rings. The summed E-state index contributed by atoms with van der Waals surface area (Å²) in [6.07, 6.45) is 1.88. The highest BCUT2D eigenvalue weighted by Gasteiger charge is 2.09. The first-order valence-electron chi connectivity index (χ1n) is 8.40. The van der Waals surface area contributed by atoms with Crippen molar-refractivity contribution in [2.45, 2.75) is 23.6 Å². The van der Waals surface area contributed by atoms with Crippen LogP contribution in [0, 0.1) is 6.92 Å². The second-order valence-corrected chi connectivity index (χ2v) is 8.05. The molecule has 8 heteroatoms. The topological polar surface area (TPSA) is 72.2 Å². The van der Waals surface area contributed by atoms with Gasteiger partial charge in [0.05, 0.1) is 6.54 Å². The summed E-state index contributed by atoms with van der Waals surface area (Å²) in [5.74, 6) is 1.41. The van der Waals surface area contributed by atoms with Crippen molar-refractivity contribution < 1.29 is 4.79 Å². The zero-order valence-electron chi connectivity index (χ0n) is 14.6. The molecule has 3 aromatic heterocycles. The molecule has 0 aliphatic carbocycles. The van der Waals surface area contributed by atoms with Gasteiger partial charge in [-0.25, -0.2) is 4.98 Å². The molecule has 4 rings (SSSR count). The Kier molecular flexibility index (Phi) is 5.17. The predicted molar refractivity (Wildman–Crippen MR) is 107 cm³/mol. The third-order valence-corrected chi connectivity index (χ3v) is 6.18. The molecule has 0 saturated heterocycles. The van der Waals surface area contributed by atoms with Crippen molar-refractivity contribution in [2.75, 3.05) is 0 Å². The number of amides is 1. The van der Waals surface area contributed by atoms with E-state index in [0.29, 0.717) is 17.9 Å². The highest BCUT2D eigenvalue weighted by molar-refractivity contribution is 8.00. The fourth-order valence-corrected chi connectivity index (χ4v) is 4.37. The van der Waals surface area contributed by atoms with Gasteiger partial charge in [-0.05, 0) is 36.8 Å². The number of thioether (sulfide) groups is 1. The summed E-state index contributed by atoms with van der Waals surface area (Å²) in [6.45, 7) is 2.32. The van der Waals surface area contributed by atoms with Gasteiger partial charge in [-0.3, -0.25) is 9.20 Å². The van der Waals surface area contributed by atoms with E-state index < -0.39 is 0 Å². The zero-order chi connectivity index (χ0) is 18.6. The van der Waals surface area contributed by atoms with Gasteiger partial charge in [0, 0.05) is 28.6 Å². The van der Waals surface area contributed by atoms with Gasteiger partial charge in [0.1, 0.15) is 4.34 Å². The number of nitrogens with one attached hydrogen (secondary N) is 1. The number of thiazole rings is 1. The lowest BCUT2D eigenvalue weighted by Crippen LogP contribution is -2.23. The summed E-state index contributed by atoms with van der Waals surface area (Å²) in [7, 11) is 0. The molecule has 0 bridgehead atoms. The summed E-state index contributed by atoms with van der Waals surface area (Å²) in [4.78, 5) is 16.8. The second kappa shape index (κ2) is 7.89. The number of hydrogen-bond donors (Lipinski definition) is 1. The van der Waals surface area contributed by atoms with Gasteiger partial charge in [-0.1, -0.05) is 30.0 Å². The first-order valence-corrected chi connectivity index (χ1v) is 10.3. The molecule has 0 fully saturated rings. The van der Waals surface area contributed by atoms with Crippen LogP contribution in [0.15, 0.2) is 58.4 Å². The van der Waals surface area contributed by atoms with Gasteiger partial charge >= 0.3 is 0 Å². The fourth-order valence-electron chi connectivity index (χ4n) is 2.57. The monoisotopic (exact) mass is 395 g/mol. The van der Waals surface area contributed by atoms with Crippen molar-refractivity contribution in [3.8, 4) is 0 Å². The Hall–Kier alpha value is -2.71. The van der Waals surface area contributed by atoms with Crippen molar-refractivity contribution in [2.24, 2.45) is 0 Å². The van der Waals surface area contributed by atoms with Crippen LogP contribution in [0.3, 0.4) is 0 Å². The lowest BCUT2D eigenvalue weighted by Gasteiger charge is -2.05. The van der Waals surface area contributed by atoms with E-state index in [9.17, 15) is 4.79 Å². The third-order valence-electron chi connectivity index (χ3n) is 3.97. The lowest BCUT2D eigenvalue weighted by atomic mass is 10.1. The zero-order valence-corrected chi connectivity index (χ0v) is 16.3. The number of benzene rings is 1. The van der Waals surface area contributed by atoms with Crippen LogP contribution in [0.25, 0.3) is 5.65 Å². The Morgan fingerprint density at radius 1 is 1.19 bits per heavy atom. The average Bonchev–Trinajstić information content (AvgIpc) is 3.31. The summed E-state index contributed by atoms with van der Waals surface area (Å²) in [5.41, 5.74) is 3.60. The maximum absolute atomic E-state index is 12.4. The quantitative estimate of drug-likeness (QED) is 0.504. The van der Waals surface area contributed by atoms with E-state index in [-0.39, 0.29) is 5.91 Å². The van der Waals surface area contributed by atoms with E-state index in [0.717, 1.165) is 27.0 Å². The number of fused-ring (bicyclic) bond motifs is 1. The van der Waals surface area contributed by atoms with Crippen molar-refractivity contribution in [3.05, 3.63) is 76.7 Å². The van der Waals surface area contributed by atoms with E-state index in [4.69, 9.17) is 0 Å². The molecule has 0 unspecified atom stereocenters. The number of carbonyl (C=O) groups excluding carboxylic acids is 1. The van der Waals surface area contributed by atoms with Crippen LogP contribution in [0.5, 0.6) is 0 Å². The largest absolute Gasteiger partial charge is 0.345 e. The third kappa shape index (κ3) is 4.17. The number of hydrogen-bond acceptors (Lipinski definition) is 6. The normalized spacial score (nSPS) is 11.0. The van der Waals surface area contributed by atoms with Crippen molar-refractivity contribution in [1.29, 1.82) is 0 Å². The number of aromatic nitrogens is 4. The Labute approximate surface area is 164 Å². The summed E-state index contributed by atoms with van der Waals surface area (Å²) in [6, 6.07) is 13.3. The maximum Gasteiger partial charge on any atom is 0.251 e. The Bertz CT molecular complexity index is 1070. The molecule has 1 aromatic carbocycles. The standard InChI is InChI=1S/C19H17N5OS2/c1-13-11-26-19(21-13)27-12-14-5-7-15(8-6-14)18(25)20-10-17-23-22-16-4-2-3-9-24(16)17/h2-9,11H,10,12H2,1H3,(H,20,25). The SMILES string of the molecule is Cc1csc(SCc2ccc(C(=O)NCc3nnc4ccccn34)cc2)n1. The second-order valence-electron chi connectivity index (χ2n) is 5.97. The number of aryl methyl sites for hydroxylation is 1. The molecular weight excluding hydrogens is 378 g/mol. The van der Waals surface area contributed by atoms with Crippen LogP contribution in [0.1, 0.15) is 27.4 Å². The first-order chi connectivity index (χ1) is 13.2. The highest BCUT2D eigenvalue weighted by atomic mass is 32.2. The number of carbonyl (C=O) groups is 1. The molecule has 0 atom stereocenters. The predicted octanol–water partition coefficient (Wildman–Crippen LogP) is 3.72. The van der Waals surface area contributed by atoms with Gasteiger partial charge in [-0.2, -0.15) is 0 Å². The van der Waals surface area contributed by atoms with Crippen LogP contribution < -0.4 is 5.32 Å². The minimum atomic E-state index is -0.127. The molecule has 27 heavy (non-hydrogen) atoms. The van der Waals surface area contributed by atoms with E-state index in [2.05, 4.69) is 20.5 Å². The van der Waals surface area contributed by atoms with E-state index in [1.54, 1.807) is 23.1 Å². The molecule has 6 nitrogen and oxygen atoms in total. The summed E-state index contributed by atoms with van der Waals surface area (Å²) in [5, 5.41) is 13.2. The number of pyridine rings is 1. The van der Waals surface area contributed by atoms with Crippen LogP contribution in [-0.4, -0.2) is 25.5 Å². The van der Waals surface area contributed by atoms with Crippen molar-refractivity contribution in [1.82, 2.24) is 24.9 Å². The molecule has 0 saturated carbocycles. The van der Waals surface area contributed by atoms with Gasteiger partial charge in [-0.15, -0.1) is 21.5 Å². The highest BCUT2D eigenvalue weighted by Crippen LogP contribution is 2.26. The van der Waals surface area contributed by atoms with Crippen LogP contribution in [0.2, 0.25) is 0 Å². The molecule has 1 amide bonds. The average molecular weight is 396 g/mol. The van der Waals surface area contributed by atoms with Crippen LogP contribution in [0.4, 0.5) is 0 Å². The van der Waals surface area contributed by atoms with E-state index >= 15 is 0 Å². The molecule has 136 valence electrons. The van der Waals surface area contributed by atoms with Crippen LogP contribution in [-0.2, 0) is 12.3 Å². The first kappa shape index (κ1) is 17.7. The minimum absolute atomic E-state index is 0.127. The van der Waals surface area contributed by atoms with Gasteiger partial charge in [0.2, 0.25) is 0 Å². The Morgan fingerprint density at radius 3 is 2.81 bits per heavy atom. The Morgan fingerprint density at radius 2 is 2.04 bits per heavy atom. The molecule has 0 aliphatic rings. The molecule has 0 aliphatic heterocycles. The summed E-state index contributed by atoms with van der Waals surface area (Å²) >= 11 is 3.36. The lowest BCUT2D eigenvalue weighted by molar-refractivity contribution is 0.0950. The van der Waals surface area contributed by atoms with Crippen molar-refractivity contribution in [3.63, 3.8) is 0 Å². The van der Waals surface area contributed by atoms with Gasteiger partial charge in [0.15, 0.2) is 11.5 Å². The maximum atomic E-state index is 12.4. The van der Waals surface area contributed by atoms with E-state index in [1.807, 2.05) is 65.4 Å². The van der Waals surface area contributed by atoms with E-state index in [1.165, 1.54) is 0 Å². The molecule has 0 radical (unpaired) electrons. The molecule has 1 N–H and O–H groups in total. The number of nitrogens with zero attached hydrogens (tertiary/aromatic N) is 4. The summed E-state index contributed by atoms with van der Waals surface area (Å²) < 4.78 is 2.93. The van der Waals surface area contributed by atoms with Gasteiger partial charge < -0.3 is 5.32 Å². The molecule has 3 heterocycles. The van der Waals surface area contributed by atoms with Crippen LogP contribution >= 0.6 is 23.1 Å².